The first-order valence-electron chi connectivity index (χ1n) is 7.67. The van der Waals surface area contributed by atoms with Gasteiger partial charge >= 0.3 is 0 Å². The molecule has 1 heterocycles. The normalized spacial score (nSPS) is 10.6. The highest BCUT2D eigenvalue weighted by molar-refractivity contribution is 7.13. The molecule has 0 saturated carbocycles. The number of nitro benzene ring substituents is 1. The fourth-order valence-electron chi connectivity index (χ4n) is 2.43. The minimum Gasteiger partial charge on any atom is -0.380 e. The predicted octanol–water partition coefficient (Wildman–Crippen LogP) is 4.48. The van der Waals surface area contributed by atoms with Crippen molar-refractivity contribution in [2.24, 2.45) is 0 Å². The Bertz CT molecular complexity index is 865. The lowest BCUT2D eigenvalue weighted by Crippen LogP contribution is -2.04. The van der Waals surface area contributed by atoms with Gasteiger partial charge in [-0.1, -0.05) is 30.3 Å². The molecule has 0 bridgehead atoms. The maximum Gasteiger partial charge on any atom is 0.269 e. The van der Waals surface area contributed by atoms with Gasteiger partial charge < -0.3 is 10.1 Å². The highest BCUT2D eigenvalue weighted by Crippen LogP contribution is 2.26. The maximum absolute atomic E-state index is 10.9. The van der Waals surface area contributed by atoms with Crippen molar-refractivity contribution in [1.29, 1.82) is 0 Å². The molecule has 0 fully saturated rings. The van der Waals surface area contributed by atoms with Gasteiger partial charge in [0.2, 0.25) is 0 Å². The van der Waals surface area contributed by atoms with Crippen LogP contribution in [0, 0.1) is 10.1 Å². The minimum absolute atomic E-state index is 0.0534. The number of thiazole rings is 1. The third-order valence-corrected chi connectivity index (χ3v) is 4.57. The summed E-state index contributed by atoms with van der Waals surface area (Å²) in [6.45, 7) is 0.841. The summed E-state index contributed by atoms with van der Waals surface area (Å²) in [7, 11) is 1.56. The Labute approximate surface area is 149 Å². The van der Waals surface area contributed by atoms with Gasteiger partial charge in [0.25, 0.3) is 5.69 Å². The molecular weight excluding hydrogens is 338 g/mol. The Morgan fingerprint density at radius 2 is 2.04 bits per heavy atom. The summed E-state index contributed by atoms with van der Waals surface area (Å²) in [4.78, 5) is 15.1. The molecule has 7 heteroatoms. The molecule has 3 rings (SSSR count). The maximum atomic E-state index is 10.9. The first-order chi connectivity index (χ1) is 12.2. The van der Waals surface area contributed by atoms with E-state index in [9.17, 15) is 10.1 Å². The number of nitrogens with one attached hydrogen (secondary N) is 1. The first kappa shape index (κ1) is 17.1. The molecule has 128 valence electrons. The summed E-state index contributed by atoms with van der Waals surface area (Å²) in [5.74, 6) is 0. The van der Waals surface area contributed by atoms with Crippen LogP contribution in [0.15, 0.2) is 53.9 Å². The molecule has 0 aliphatic heterocycles. The van der Waals surface area contributed by atoms with Crippen LogP contribution in [0.5, 0.6) is 0 Å². The van der Waals surface area contributed by atoms with E-state index < -0.39 is 4.92 Å². The van der Waals surface area contributed by atoms with Crippen molar-refractivity contribution in [2.45, 2.75) is 13.2 Å². The van der Waals surface area contributed by atoms with Gasteiger partial charge in [0.15, 0.2) is 0 Å². The Morgan fingerprint density at radius 3 is 2.76 bits per heavy atom. The van der Waals surface area contributed by atoms with Crippen LogP contribution in [0.2, 0.25) is 0 Å². The first-order valence-corrected chi connectivity index (χ1v) is 8.55. The van der Waals surface area contributed by atoms with Crippen molar-refractivity contribution >= 4 is 22.7 Å². The smallest absolute Gasteiger partial charge is 0.269 e. The Morgan fingerprint density at radius 1 is 1.24 bits per heavy atom. The number of nitrogens with zero attached hydrogens (tertiary/aromatic N) is 2. The molecule has 0 unspecified atom stereocenters. The van der Waals surface area contributed by atoms with Gasteiger partial charge in [0.05, 0.1) is 23.8 Å². The number of hydrogen-bond donors (Lipinski definition) is 1. The van der Waals surface area contributed by atoms with Crippen LogP contribution in [0.1, 0.15) is 11.3 Å². The second kappa shape index (κ2) is 7.87. The van der Waals surface area contributed by atoms with E-state index in [-0.39, 0.29) is 5.69 Å². The van der Waals surface area contributed by atoms with Gasteiger partial charge in [-0.25, -0.2) is 4.98 Å². The summed E-state index contributed by atoms with van der Waals surface area (Å²) >= 11 is 1.59. The molecule has 1 aromatic heterocycles. The van der Waals surface area contributed by atoms with E-state index in [0.717, 1.165) is 27.5 Å². The number of non-ortho nitro benzene ring substituents is 1. The second-order valence-corrected chi connectivity index (χ2v) is 6.25. The van der Waals surface area contributed by atoms with Crippen molar-refractivity contribution in [3.63, 3.8) is 0 Å². The molecule has 0 radical (unpaired) electrons. The summed E-state index contributed by atoms with van der Waals surface area (Å²) in [5, 5.41) is 17.2. The Balaban J connectivity index is 1.73. The van der Waals surface area contributed by atoms with Crippen LogP contribution in [-0.2, 0) is 17.9 Å². The zero-order valence-corrected chi connectivity index (χ0v) is 14.5. The van der Waals surface area contributed by atoms with E-state index in [1.165, 1.54) is 12.1 Å². The molecule has 0 amide bonds. The van der Waals surface area contributed by atoms with Gasteiger partial charge in [-0.15, -0.1) is 11.3 Å². The number of hydrogen-bond acceptors (Lipinski definition) is 6. The molecular formula is C18H17N3O3S. The van der Waals surface area contributed by atoms with Crippen molar-refractivity contribution in [1.82, 2.24) is 4.98 Å². The number of anilines is 1. The second-order valence-electron chi connectivity index (χ2n) is 5.40. The van der Waals surface area contributed by atoms with Gasteiger partial charge in [0, 0.05) is 41.4 Å². The van der Waals surface area contributed by atoms with E-state index in [0.29, 0.717) is 13.2 Å². The molecule has 25 heavy (non-hydrogen) atoms. The summed E-state index contributed by atoms with van der Waals surface area (Å²) in [6.07, 6.45) is 0. The van der Waals surface area contributed by atoms with Crippen LogP contribution in [0.3, 0.4) is 0 Å². The molecule has 0 spiro atoms. The van der Waals surface area contributed by atoms with Gasteiger partial charge in [-0.3, -0.25) is 10.1 Å². The molecule has 6 nitrogen and oxygen atoms in total. The van der Waals surface area contributed by atoms with E-state index in [1.807, 2.05) is 35.7 Å². The highest BCUT2D eigenvalue weighted by Gasteiger charge is 2.11. The number of benzene rings is 2. The standard InChI is InChI=1S/C18H17N3O3S/c1-24-11-14-9-16(21(22)23)7-8-17(14)19-10-15-12-25-18(20-15)13-5-3-2-4-6-13/h2-9,12,19H,10-11H2,1H3. The van der Waals surface area contributed by atoms with E-state index in [1.54, 1.807) is 24.5 Å². The van der Waals surface area contributed by atoms with E-state index in [4.69, 9.17) is 4.74 Å². The Kier molecular flexibility index (Phi) is 5.37. The number of methoxy groups -OCH3 is 1. The molecule has 2 aromatic carbocycles. The quantitative estimate of drug-likeness (QED) is 0.499. The molecule has 3 aromatic rings. The minimum atomic E-state index is -0.407. The number of ether oxygens (including phenoxy) is 1. The highest BCUT2D eigenvalue weighted by atomic mass is 32.1. The van der Waals surface area contributed by atoms with E-state index >= 15 is 0 Å². The summed E-state index contributed by atoms with van der Waals surface area (Å²) in [5.41, 5.74) is 3.62. The molecule has 0 aliphatic rings. The van der Waals surface area contributed by atoms with Crippen LogP contribution < -0.4 is 5.32 Å². The largest absolute Gasteiger partial charge is 0.380 e. The van der Waals surface area contributed by atoms with Crippen molar-refractivity contribution in [3.05, 3.63) is 75.3 Å². The van der Waals surface area contributed by atoms with Crippen LogP contribution in [0.4, 0.5) is 11.4 Å². The fraction of sp³-hybridized carbons (Fsp3) is 0.167. The summed E-state index contributed by atoms with van der Waals surface area (Å²) in [6, 6.07) is 14.7. The molecule has 0 atom stereocenters. The average Bonchev–Trinajstić information content (AvgIpc) is 3.10. The zero-order valence-electron chi connectivity index (χ0n) is 13.6. The third-order valence-electron chi connectivity index (χ3n) is 3.63. The molecule has 1 N–H and O–H groups in total. The van der Waals surface area contributed by atoms with Crippen LogP contribution in [-0.4, -0.2) is 17.0 Å². The molecule has 0 aliphatic carbocycles. The van der Waals surface area contributed by atoms with Crippen molar-refractivity contribution < 1.29 is 9.66 Å². The van der Waals surface area contributed by atoms with Crippen LogP contribution in [0.25, 0.3) is 10.6 Å². The monoisotopic (exact) mass is 355 g/mol. The van der Waals surface area contributed by atoms with Crippen LogP contribution >= 0.6 is 11.3 Å². The predicted molar refractivity (Wildman–Crippen MR) is 98.7 cm³/mol. The topological polar surface area (TPSA) is 77.3 Å². The van der Waals surface area contributed by atoms with Crippen molar-refractivity contribution in [2.75, 3.05) is 12.4 Å². The lowest BCUT2D eigenvalue weighted by Gasteiger charge is -2.10. The number of aromatic nitrogens is 1. The number of nitro groups is 1. The van der Waals surface area contributed by atoms with Gasteiger partial charge in [-0.2, -0.15) is 0 Å². The average molecular weight is 355 g/mol. The molecule has 0 saturated heterocycles. The lowest BCUT2D eigenvalue weighted by molar-refractivity contribution is -0.384. The third kappa shape index (κ3) is 4.20. The zero-order chi connectivity index (χ0) is 17.6. The number of rotatable bonds is 7. The Hall–Kier alpha value is -2.77. The fourth-order valence-corrected chi connectivity index (χ4v) is 3.25. The lowest BCUT2D eigenvalue weighted by atomic mass is 10.1. The SMILES string of the molecule is COCc1cc([N+](=O)[O-])ccc1NCc1csc(-c2ccccc2)n1. The van der Waals surface area contributed by atoms with Gasteiger partial charge in [-0.05, 0) is 6.07 Å². The van der Waals surface area contributed by atoms with E-state index in [2.05, 4.69) is 10.3 Å². The summed E-state index contributed by atoms with van der Waals surface area (Å²) < 4.78 is 5.14. The van der Waals surface area contributed by atoms with Gasteiger partial charge in [0.1, 0.15) is 5.01 Å². The van der Waals surface area contributed by atoms with Crippen molar-refractivity contribution in [3.8, 4) is 10.6 Å².